The lowest BCUT2D eigenvalue weighted by atomic mass is 10.2. The van der Waals surface area contributed by atoms with Crippen molar-refractivity contribution in [1.29, 1.82) is 0 Å². The monoisotopic (exact) mass is 445 g/mol. The van der Waals surface area contributed by atoms with Gasteiger partial charge < -0.3 is 9.64 Å². The SMILES string of the molecule is Cc1cccc(/C=N/Nc2nc(N3CCOCC3)nc3c2nc(C)n3-c2cccc(F)c2)c1. The molecule has 0 unspecified atom stereocenters. The van der Waals surface area contributed by atoms with E-state index in [1.54, 1.807) is 12.3 Å². The summed E-state index contributed by atoms with van der Waals surface area (Å²) in [5, 5.41) is 4.40. The number of aromatic nitrogens is 4. The molecule has 3 heterocycles. The molecule has 1 fully saturated rings. The highest BCUT2D eigenvalue weighted by Crippen LogP contribution is 2.27. The van der Waals surface area contributed by atoms with Crippen LogP contribution in [-0.4, -0.2) is 52.0 Å². The number of imidazole rings is 1. The van der Waals surface area contributed by atoms with Crippen LogP contribution >= 0.6 is 0 Å². The van der Waals surface area contributed by atoms with Gasteiger partial charge in [-0.05, 0) is 37.6 Å². The maximum absolute atomic E-state index is 14.0. The molecule has 0 saturated carbocycles. The summed E-state index contributed by atoms with van der Waals surface area (Å²) < 4.78 is 21.3. The number of nitrogens with zero attached hydrogens (tertiary/aromatic N) is 6. The van der Waals surface area contributed by atoms with E-state index in [0.29, 0.717) is 60.7 Å². The fourth-order valence-electron chi connectivity index (χ4n) is 3.88. The second kappa shape index (κ2) is 8.95. The molecule has 1 aliphatic rings. The van der Waals surface area contributed by atoms with Gasteiger partial charge in [0.05, 0.1) is 25.1 Å². The summed E-state index contributed by atoms with van der Waals surface area (Å²) in [4.78, 5) is 16.3. The fraction of sp³-hybridized carbons (Fsp3) is 0.250. The molecule has 0 amide bonds. The second-order valence-corrected chi connectivity index (χ2v) is 7.90. The molecule has 2 aromatic heterocycles. The molecular formula is C24H24FN7O. The Hall–Kier alpha value is -3.85. The predicted molar refractivity (Wildman–Crippen MR) is 127 cm³/mol. The number of morpholine rings is 1. The van der Waals surface area contributed by atoms with E-state index in [9.17, 15) is 4.39 Å². The van der Waals surface area contributed by atoms with E-state index < -0.39 is 0 Å². The van der Waals surface area contributed by atoms with Crippen LogP contribution in [0.1, 0.15) is 17.0 Å². The van der Waals surface area contributed by atoms with E-state index in [1.807, 2.05) is 48.7 Å². The fourth-order valence-corrected chi connectivity index (χ4v) is 3.88. The van der Waals surface area contributed by atoms with Crippen LogP contribution in [0.3, 0.4) is 0 Å². The van der Waals surface area contributed by atoms with E-state index in [2.05, 4.69) is 20.4 Å². The number of hydrogen-bond donors (Lipinski definition) is 1. The third kappa shape index (κ3) is 4.40. The van der Waals surface area contributed by atoms with Crippen LogP contribution in [-0.2, 0) is 4.74 Å². The van der Waals surface area contributed by atoms with Crippen LogP contribution in [0.5, 0.6) is 0 Å². The molecule has 0 bridgehead atoms. The van der Waals surface area contributed by atoms with Crippen LogP contribution < -0.4 is 10.3 Å². The van der Waals surface area contributed by atoms with Crippen molar-refractivity contribution in [3.63, 3.8) is 0 Å². The van der Waals surface area contributed by atoms with Crippen molar-refractivity contribution in [2.45, 2.75) is 13.8 Å². The summed E-state index contributed by atoms with van der Waals surface area (Å²) in [5.74, 6) is 1.40. The van der Waals surface area contributed by atoms with Crippen LogP contribution in [0.2, 0.25) is 0 Å². The average molecular weight is 446 g/mol. The largest absolute Gasteiger partial charge is 0.378 e. The Morgan fingerprint density at radius 2 is 1.85 bits per heavy atom. The Balaban J connectivity index is 1.60. The lowest BCUT2D eigenvalue weighted by Crippen LogP contribution is -2.37. The molecule has 1 saturated heterocycles. The standard InChI is InChI=1S/C24H24FN7O/c1-16-5-3-6-18(13-16)15-26-30-22-21-23(29-24(28-22)31-9-11-33-12-10-31)32(17(2)27-21)20-8-4-7-19(25)14-20/h3-8,13-15H,9-12H2,1-2H3,(H,28,29,30)/b26-15+. The maximum atomic E-state index is 14.0. The van der Waals surface area contributed by atoms with Gasteiger partial charge >= 0.3 is 0 Å². The van der Waals surface area contributed by atoms with Gasteiger partial charge in [-0.25, -0.2) is 9.37 Å². The van der Waals surface area contributed by atoms with Crippen molar-refractivity contribution in [2.24, 2.45) is 5.10 Å². The number of aryl methyl sites for hydroxylation is 2. The zero-order chi connectivity index (χ0) is 22.8. The predicted octanol–water partition coefficient (Wildman–Crippen LogP) is 3.85. The third-order valence-electron chi connectivity index (χ3n) is 5.45. The van der Waals surface area contributed by atoms with Gasteiger partial charge in [-0.3, -0.25) is 9.99 Å². The van der Waals surface area contributed by atoms with Gasteiger partial charge in [-0.2, -0.15) is 15.1 Å². The Morgan fingerprint density at radius 1 is 1.03 bits per heavy atom. The minimum absolute atomic E-state index is 0.322. The first kappa shape index (κ1) is 21.0. The second-order valence-electron chi connectivity index (χ2n) is 7.90. The van der Waals surface area contributed by atoms with Crippen LogP contribution in [0.15, 0.2) is 53.6 Å². The first-order chi connectivity index (χ1) is 16.1. The molecule has 1 aliphatic heterocycles. The molecule has 1 N–H and O–H groups in total. The molecule has 0 spiro atoms. The lowest BCUT2D eigenvalue weighted by molar-refractivity contribution is 0.122. The number of halogens is 1. The Labute approximate surface area is 190 Å². The van der Waals surface area contributed by atoms with Gasteiger partial charge in [0.25, 0.3) is 0 Å². The molecule has 168 valence electrons. The highest BCUT2D eigenvalue weighted by Gasteiger charge is 2.21. The van der Waals surface area contributed by atoms with Crippen molar-refractivity contribution in [1.82, 2.24) is 19.5 Å². The molecule has 2 aromatic carbocycles. The first-order valence-corrected chi connectivity index (χ1v) is 10.8. The molecular weight excluding hydrogens is 421 g/mol. The molecule has 9 heteroatoms. The van der Waals surface area contributed by atoms with E-state index in [1.165, 1.54) is 12.1 Å². The number of anilines is 2. The summed E-state index contributed by atoms with van der Waals surface area (Å²) in [7, 11) is 0. The van der Waals surface area contributed by atoms with Crippen LogP contribution in [0.25, 0.3) is 16.9 Å². The number of hydrazone groups is 1. The first-order valence-electron chi connectivity index (χ1n) is 10.8. The normalized spacial score (nSPS) is 14.3. The Kier molecular flexibility index (Phi) is 5.70. The van der Waals surface area contributed by atoms with Crippen molar-refractivity contribution in [2.75, 3.05) is 36.6 Å². The molecule has 33 heavy (non-hydrogen) atoms. The van der Waals surface area contributed by atoms with E-state index >= 15 is 0 Å². The zero-order valence-electron chi connectivity index (χ0n) is 18.5. The van der Waals surface area contributed by atoms with Crippen molar-refractivity contribution < 1.29 is 9.13 Å². The minimum atomic E-state index is -0.322. The maximum Gasteiger partial charge on any atom is 0.229 e. The van der Waals surface area contributed by atoms with Gasteiger partial charge in [0.2, 0.25) is 5.95 Å². The summed E-state index contributed by atoms with van der Waals surface area (Å²) in [5.41, 5.74) is 6.98. The van der Waals surface area contributed by atoms with Gasteiger partial charge in [-0.1, -0.05) is 35.9 Å². The van der Waals surface area contributed by atoms with Gasteiger partial charge in [0.15, 0.2) is 17.0 Å². The lowest BCUT2D eigenvalue weighted by Gasteiger charge is -2.27. The quantitative estimate of drug-likeness (QED) is 0.371. The Bertz CT molecular complexity index is 1330. The number of fused-ring (bicyclic) bond motifs is 1. The third-order valence-corrected chi connectivity index (χ3v) is 5.45. The van der Waals surface area contributed by atoms with Crippen molar-refractivity contribution in [3.8, 4) is 5.69 Å². The highest BCUT2D eigenvalue weighted by atomic mass is 19.1. The molecule has 5 rings (SSSR count). The topological polar surface area (TPSA) is 80.5 Å². The molecule has 0 aliphatic carbocycles. The summed E-state index contributed by atoms with van der Waals surface area (Å²) in [6.45, 7) is 6.49. The van der Waals surface area contributed by atoms with E-state index in [0.717, 1.165) is 11.1 Å². The molecule has 4 aromatic rings. The number of rotatable bonds is 5. The Morgan fingerprint density at radius 3 is 2.64 bits per heavy atom. The summed E-state index contributed by atoms with van der Waals surface area (Å²) in [6, 6.07) is 14.4. The van der Waals surface area contributed by atoms with Gasteiger partial charge in [0, 0.05) is 13.1 Å². The van der Waals surface area contributed by atoms with Crippen LogP contribution in [0.4, 0.5) is 16.2 Å². The van der Waals surface area contributed by atoms with Crippen LogP contribution in [0, 0.1) is 19.7 Å². The molecule has 0 radical (unpaired) electrons. The van der Waals surface area contributed by atoms with E-state index in [-0.39, 0.29) is 5.82 Å². The van der Waals surface area contributed by atoms with Gasteiger partial charge in [0.1, 0.15) is 11.6 Å². The minimum Gasteiger partial charge on any atom is -0.378 e. The zero-order valence-corrected chi connectivity index (χ0v) is 18.5. The van der Waals surface area contributed by atoms with E-state index in [4.69, 9.17) is 14.7 Å². The number of hydrogen-bond acceptors (Lipinski definition) is 7. The number of ether oxygens (including phenoxy) is 1. The smallest absolute Gasteiger partial charge is 0.229 e. The summed E-state index contributed by atoms with van der Waals surface area (Å²) >= 11 is 0. The van der Waals surface area contributed by atoms with Crippen molar-refractivity contribution >= 4 is 29.1 Å². The van der Waals surface area contributed by atoms with Gasteiger partial charge in [-0.15, -0.1) is 0 Å². The molecule has 0 atom stereocenters. The average Bonchev–Trinajstić information content (AvgIpc) is 3.15. The molecule has 8 nitrogen and oxygen atoms in total. The number of nitrogens with one attached hydrogen (secondary N) is 1. The summed E-state index contributed by atoms with van der Waals surface area (Å²) in [6.07, 6.45) is 1.74. The number of benzene rings is 2. The van der Waals surface area contributed by atoms with Crippen molar-refractivity contribution in [3.05, 3.63) is 71.3 Å². The highest BCUT2D eigenvalue weighted by molar-refractivity contribution is 5.87.